The number of anilines is 1. The van der Waals surface area contributed by atoms with Crippen LogP contribution in [0.2, 0.25) is 0 Å². The Labute approximate surface area is 186 Å². The lowest BCUT2D eigenvalue weighted by Crippen LogP contribution is -2.42. The zero-order chi connectivity index (χ0) is 24.3. The quantitative estimate of drug-likeness (QED) is 0.601. The van der Waals surface area contributed by atoms with Crippen molar-refractivity contribution in [3.05, 3.63) is 41.5 Å². The van der Waals surface area contributed by atoms with E-state index in [1.165, 1.54) is 12.1 Å². The van der Waals surface area contributed by atoms with Gasteiger partial charge in [-0.15, -0.1) is 0 Å². The molecule has 0 fully saturated rings. The van der Waals surface area contributed by atoms with Crippen LogP contribution in [0.5, 0.6) is 0 Å². The highest BCUT2D eigenvalue weighted by molar-refractivity contribution is 7.90. The number of carboxylic acid groups (broad SMARTS) is 1. The van der Waals surface area contributed by atoms with Gasteiger partial charge in [0.15, 0.2) is 15.5 Å². The molecule has 0 amide bonds. The molecule has 1 aromatic carbocycles. The maximum Gasteiger partial charge on any atom is 0.434 e. The number of aromatic nitrogens is 4. The van der Waals surface area contributed by atoms with Crippen LogP contribution in [-0.4, -0.2) is 51.8 Å². The van der Waals surface area contributed by atoms with Crippen LogP contribution < -0.4 is 4.90 Å². The van der Waals surface area contributed by atoms with Gasteiger partial charge in [0.25, 0.3) is 0 Å². The number of hydrogen-bond donors (Lipinski definition) is 1. The van der Waals surface area contributed by atoms with E-state index in [0.29, 0.717) is 29.6 Å². The van der Waals surface area contributed by atoms with E-state index in [0.717, 1.165) is 6.26 Å². The topological polar surface area (TPSA) is 118 Å². The first-order valence-electron chi connectivity index (χ1n) is 9.93. The molecule has 2 aromatic heterocycles. The third-order valence-electron chi connectivity index (χ3n) is 5.51. The van der Waals surface area contributed by atoms with Crippen molar-refractivity contribution in [2.24, 2.45) is 5.92 Å². The van der Waals surface area contributed by atoms with E-state index in [1.807, 2.05) is 18.4 Å². The highest BCUT2D eigenvalue weighted by Crippen LogP contribution is 2.38. The molecule has 3 aromatic rings. The second kappa shape index (κ2) is 7.68. The van der Waals surface area contributed by atoms with E-state index in [2.05, 4.69) is 15.0 Å². The molecule has 0 bridgehead atoms. The summed E-state index contributed by atoms with van der Waals surface area (Å²) in [6.45, 7) is 4.25. The number of benzene rings is 1. The molecule has 0 radical (unpaired) electrons. The third-order valence-corrected chi connectivity index (χ3v) is 6.62. The Hall–Kier alpha value is -3.22. The fraction of sp³-hybridized carbons (Fsp3) is 0.400. The van der Waals surface area contributed by atoms with Crippen LogP contribution in [0.3, 0.4) is 0 Å². The van der Waals surface area contributed by atoms with Gasteiger partial charge >= 0.3 is 12.1 Å². The van der Waals surface area contributed by atoms with Crippen molar-refractivity contribution >= 4 is 32.8 Å². The SMILES string of the molecule is CC(C)C1c2nc3ccc(S(C)(=O)=O)cc3n2CCN1c1ncc(C(=O)O)c(C(F)(F)F)n1. The highest BCUT2D eigenvalue weighted by Gasteiger charge is 2.40. The number of carbonyl (C=O) groups is 1. The summed E-state index contributed by atoms with van der Waals surface area (Å²) < 4.78 is 66.3. The van der Waals surface area contributed by atoms with Crippen LogP contribution in [0.4, 0.5) is 19.1 Å². The van der Waals surface area contributed by atoms with Gasteiger partial charge in [-0.2, -0.15) is 13.2 Å². The molecule has 1 aliphatic heterocycles. The molecule has 0 saturated heterocycles. The molecule has 0 spiro atoms. The van der Waals surface area contributed by atoms with Crippen molar-refractivity contribution < 1.29 is 31.5 Å². The van der Waals surface area contributed by atoms with Crippen molar-refractivity contribution in [3.8, 4) is 0 Å². The second-order valence-corrected chi connectivity index (χ2v) is 10.2. The number of imidazole rings is 1. The van der Waals surface area contributed by atoms with Crippen molar-refractivity contribution in [1.29, 1.82) is 0 Å². The van der Waals surface area contributed by atoms with Crippen LogP contribution in [0, 0.1) is 5.92 Å². The molecule has 176 valence electrons. The minimum Gasteiger partial charge on any atom is -0.478 e. The van der Waals surface area contributed by atoms with Gasteiger partial charge in [-0.1, -0.05) is 13.8 Å². The second-order valence-electron chi connectivity index (χ2n) is 8.16. The Kier molecular flexibility index (Phi) is 5.34. The van der Waals surface area contributed by atoms with E-state index >= 15 is 0 Å². The molecule has 9 nitrogen and oxygen atoms in total. The average Bonchev–Trinajstić information content (AvgIpc) is 3.08. The molecule has 1 atom stereocenters. The minimum absolute atomic E-state index is 0.132. The smallest absolute Gasteiger partial charge is 0.434 e. The monoisotopic (exact) mass is 483 g/mol. The predicted octanol–water partition coefficient (Wildman–Crippen LogP) is 3.16. The van der Waals surface area contributed by atoms with Gasteiger partial charge in [0.05, 0.1) is 22.0 Å². The molecule has 3 heterocycles. The molecular formula is C20H20F3N5O4S. The van der Waals surface area contributed by atoms with Gasteiger partial charge in [-0.25, -0.2) is 28.2 Å². The lowest BCUT2D eigenvalue weighted by atomic mass is 10.00. The number of sulfone groups is 1. The summed E-state index contributed by atoms with van der Waals surface area (Å²) in [5, 5.41) is 9.11. The number of halogens is 3. The number of aromatic carboxylic acids is 1. The molecular weight excluding hydrogens is 463 g/mol. The number of rotatable bonds is 4. The molecule has 0 aliphatic carbocycles. The Morgan fingerprint density at radius 1 is 1.21 bits per heavy atom. The summed E-state index contributed by atoms with van der Waals surface area (Å²) >= 11 is 0. The molecule has 1 unspecified atom stereocenters. The van der Waals surface area contributed by atoms with Crippen LogP contribution >= 0.6 is 0 Å². The summed E-state index contributed by atoms with van der Waals surface area (Å²) in [5.74, 6) is -1.61. The Morgan fingerprint density at radius 3 is 2.48 bits per heavy atom. The van der Waals surface area contributed by atoms with Crippen molar-refractivity contribution in [2.75, 3.05) is 17.7 Å². The van der Waals surface area contributed by atoms with Gasteiger partial charge < -0.3 is 14.6 Å². The zero-order valence-electron chi connectivity index (χ0n) is 17.8. The van der Waals surface area contributed by atoms with E-state index in [9.17, 15) is 26.4 Å². The Morgan fingerprint density at radius 2 is 1.91 bits per heavy atom. The van der Waals surface area contributed by atoms with Gasteiger partial charge in [-0.05, 0) is 24.1 Å². The maximum absolute atomic E-state index is 13.5. The predicted molar refractivity (Wildman–Crippen MR) is 112 cm³/mol. The number of alkyl halides is 3. The van der Waals surface area contributed by atoms with E-state index in [4.69, 9.17) is 5.11 Å². The van der Waals surface area contributed by atoms with Crippen LogP contribution in [0.1, 0.15) is 41.8 Å². The van der Waals surface area contributed by atoms with Crippen LogP contribution in [0.15, 0.2) is 29.3 Å². The zero-order valence-corrected chi connectivity index (χ0v) is 18.6. The van der Waals surface area contributed by atoms with Crippen LogP contribution in [-0.2, 0) is 22.6 Å². The summed E-state index contributed by atoms with van der Waals surface area (Å²) in [6.07, 6.45) is -3.19. The molecule has 0 saturated carbocycles. The molecule has 33 heavy (non-hydrogen) atoms. The summed E-state index contributed by atoms with van der Waals surface area (Å²) in [7, 11) is -3.44. The molecule has 1 aliphatic rings. The van der Waals surface area contributed by atoms with E-state index < -0.39 is 39.3 Å². The molecule has 4 rings (SSSR count). The minimum atomic E-state index is -4.97. The van der Waals surface area contributed by atoms with Crippen LogP contribution in [0.25, 0.3) is 11.0 Å². The van der Waals surface area contributed by atoms with E-state index in [-0.39, 0.29) is 23.3 Å². The first-order chi connectivity index (χ1) is 15.3. The number of nitrogens with zero attached hydrogens (tertiary/aromatic N) is 5. The standard InChI is InChI=1S/C20H20F3N5O4S/c1-10(2)15-17-25-13-5-4-11(33(3,31)32)8-14(13)27(17)6-7-28(15)19-24-9-12(18(29)30)16(26-19)20(21,22)23/h4-5,8-10,15H,6-7H2,1-3H3,(H,29,30). The van der Waals surface area contributed by atoms with E-state index in [1.54, 1.807) is 11.0 Å². The lowest BCUT2D eigenvalue weighted by Gasteiger charge is -2.38. The number of carboxylic acids is 1. The largest absolute Gasteiger partial charge is 0.478 e. The van der Waals surface area contributed by atoms with Crippen molar-refractivity contribution in [2.45, 2.75) is 37.5 Å². The third kappa shape index (κ3) is 4.01. The summed E-state index contributed by atoms with van der Waals surface area (Å²) in [4.78, 5) is 25.1. The first kappa shape index (κ1) is 23.0. The fourth-order valence-electron chi connectivity index (χ4n) is 4.06. The van der Waals surface area contributed by atoms with Crippen molar-refractivity contribution in [1.82, 2.24) is 19.5 Å². The number of fused-ring (bicyclic) bond motifs is 3. The average molecular weight is 483 g/mol. The first-order valence-corrected chi connectivity index (χ1v) is 11.8. The normalized spacial score (nSPS) is 16.9. The number of hydrogen-bond acceptors (Lipinski definition) is 7. The van der Waals surface area contributed by atoms with Gasteiger partial charge in [0.1, 0.15) is 11.4 Å². The highest BCUT2D eigenvalue weighted by atomic mass is 32.2. The van der Waals surface area contributed by atoms with Gasteiger partial charge in [0.2, 0.25) is 5.95 Å². The lowest BCUT2D eigenvalue weighted by molar-refractivity contribution is -0.141. The van der Waals surface area contributed by atoms with Gasteiger partial charge in [-0.3, -0.25) is 0 Å². The van der Waals surface area contributed by atoms with Crippen molar-refractivity contribution in [3.63, 3.8) is 0 Å². The molecule has 13 heteroatoms. The Bertz CT molecular complexity index is 1370. The van der Waals surface area contributed by atoms with Gasteiger partial charge in [0, 0.05) is 25.5 Å². The maximum atomic E-state index is 13.5. The summed E-state index contributed by atoms with van der Waals surface area (Å²) in [5.41, 5.74) is -1.37. The summed E-state index contributed by atoms with van der Waals surface area (Å²) in [6, 6.07) is 4.07. The Balaban J connectivity index is 1.85. The fourth-order valence-corrected chi connectivity index (χ4v) is 4.71. The molecule has 1 N–H and O–H groups in total.